The van der Waals surface area contributed by atoms with Crippen LogP contribution in [-0.2, 0) is 16.1 Å². The molecule has 0 saturated heterocycles. The Kier molecular flexibility index (Phi) is 5.77. The summed E-state index contributed by atoms with van der Waals surface area (Å²) in [6, 6.07) is 10.2. The summed E-state index contributed by atoms with van der Waals surface area (Å²) < 4.78 is 38.2. The summed E-state index contributed by atoms with van der Waals surface area (Å²) in [5, 5.41) is 8.98. The van der Waals surface area contributed by atoms with E-state index in [-0.39, 0.29) is 19.5 Å². The minimum Gasteiger partial charge on any atom is -0.482 e. The Morgan fingerprint density at radius 1 is 1.07 bits per heavy atom. The molecule has 2 aromatic rings. The van der Waals surface area contributed by atoms with Crippen LogP contribution in [0.3, 0.4) is 0 Å². The lowest BCUT2D eigenvalue weighted by atomic mass is 10.1. The van der Waals surface area contributed by atoms with Gasteiger partial charge in [0.2, 0.25) is 6.10 Å². The van der Waals surface area contributed by atoms with Crippen LogP contribution in [0.15, 0.2) is 42.5 Å². The highest BCUT2D eigenvalue weighted by atomic mass is 19.2. The summed E-state index contributed by atoms with van der Waals surface area (Å²) in [6.07, 6.45) is -1.90. The number of para-hydroxylation sites is 2. The third-order valence-electron chi connectivity index (χ3n) is 4.35. The van der Waals surface area contributed by atoms with Crippen LogP contribution in [0.25, 0.3) is 0 Å². The molecular weight excluding hydrogens is 372 g/mol. The first-order chi connectivity index (χ1) is 13.3. The van der Waals surface area contributed by atoms with Gasteiger partial charge < -0.3 is 19.5 Å². The van der Waals surface area contributed by atoms with Crippen LogP contribution in [0.4, 0.5) is 8.78 Å². The predicted molar refractivity (Wildman–Crippen MR) is 95.0 cm³/mol. The van der Waals surface area contributed by atoms with E-state index in [2.05, 4.69) is 0 Å². The Morgan fingerprint density at radius 2 is 1.75 bits per heavy atom. The van der Waals surface area contributed by atoms with Gasteiger partial charge in [0.05, 0.1) is 6.42 Å². The van der Waals surface area contributed by atoms with Crippen molar-refractivity contribution >= 4 is 11.9 Å². The van der Waals surface area contributed by atoms with Crippen LogP contribution >= 0.6 is 0 Å². The molecule has 28 heavy (non-hydrogen) atoms. The molecule has 0 aliphatic carbocycles. The zero-order valence-electron chi connectivity index (χ0n) is 15.1. The number of hydrogen-bond acceptors (Lipinski definition) is 4. The highest BCUT2D eigenvalue weighted by Gasteiger charge is 2.37. The Balaban J connectivity index is 1.81. The third kappa shape index (κ3) is 4.39. The minimum atomic E-state index is -1.08. The summed E-state index contributed by atoms with van der Waals surface area (Å²) in [5.41, 5.74) is 0.336. The Hall–Kier alpha value is -3.16. The quantitative estimate of drug-likeness (QED) is 0.819. The second-order valence-electron chi connectivity index (χ2n) is 6.46. The fraction of sp³-hybridized carbons (Fsp3) is 0.300. The molecule has 1 aliphatic rings. The summed E-state index contributed by atoms with van der Waals surface area (Å²) in [5.74, 6) is -2.69. The molecule has 0 aromatic heterocycles. The van der Waals surface area contributed by atoms with E-state index in [1.807, 2.05) is 0 Å². The van der Waals surface area contributed by atoms with Crippen molar-refractivity contribution in [3.8, 4) is 11.5 Å². The number of carbonyl (C=O) groups is 2. The fourth-order valence-electron chi connectivity index (χ4n) is 2.93. The first kappa shape index (κ1) is 19.6. The molecule has 0 radical (unpaired) electrons. The molecule has 8 heteroatoms. The molecule has 1 heterocycles. The highest BCUT2D eigenvalue weighted by molar-refractivity contribution is 5.83. The second-order valence-corrected chi connectivity index (χ2v) is 6.46. The van der Waals surface area contributed by atoms with Crippen LogP contribution in [0.1, 0.15) is 18.9 Å². The van der Waals surface area contributed by atoms with Gasteiger partial charge in [-0.25, -0.2) is 8.78 Å². The van der Waals surface area contributed by atoms with Gasteiger partial charge in [0.1, 0.15) is 6.10 Å². The Morgan fingerprint density at radius 3 is 2.39 bits per heavy atom. The van der Waals surface area contributed by atoms with E-state index in [9.17, 15) is 18.4 Å². The van der Waals surface area contributed by atoms with Crippen LogP contribution in [0.5, 0.6) is 11.5 Å². The number of fused-ring (bicyclic) bond motifs is 1. The summed E-state index contributed by atoms with van der Waals surface area (Å²) in [6.45, 7) is 1.48. The Bertz CT molecular complexity index is 889. The molecule has 0 saturated carbocycles. The number of carbonyl (C=O) groups excluding carboxylic acids is 1. The van der Waals surface area contributed by atoms with Gasteiger partial charge in [0.15, 0.2) is 23.1 Å². The van der Waals surface area contributed by atoms with Crippen LogP contribution in [0, 0.1) is 11.6 Å². The number of rotatable bonds is 6. The van der Waals surface area contributed by atoms with Crippen molar-refractivity contribution in [2.75, 3.05) is 6.54 Å². The number of halogens is 2. The average Bonchev–Trinajstić information content (AvgIpc) is 2.66. The molecule has 1 aliphatic heterocycles. The van der Waals surface area contributed by atoms with Gasteiger partial charge >= 0.3 is 5.97 Å². The SMILES string of the molecule is CC1Oc2ccccc2OC1C(=O)N(CCC(=O)O)Cc1ccc(F)c(F)c1. The third-order valence-corrected chi connectivity index (χ3v) is 4.35. The van der Waals surface area contributed by atoms with E-state index in [4.69, 9.17) is 14.6 Å². The van der Waals surface area contributed by atoms with Crippen molar-refractivity contribution < 1.29 is 33.0 Å². The molecule has 2 aromatic carbocycles. The number of nitrogens with zero attached hydrogens (tertiary/aromatic N) is 1. The molecule has 0 fully saturated rings. The monoisotopic (exact) mass is 391 g/mol. The van der Waals surface area contributed by atoms with Gasteiger partial charge in [0.25, 0.3) is 5.91 Å². The normalized spacial score (nSPS) is 17.8. The zero-order chi connectivity index (χ0) is 20.3. The molecule has 3 rings (SSSR count). The number of carboxylic acid groups (broad SMARTS) is 1. The van der Waals surface area contributed by atoms with Crippen LogP contribution in [0.2, 0.25) is 0 Å². The molecule has 0 bridgehead atoms. The first-order valence-electron chi connectivity index (χ1n) is 8.72. The number of amides is 1. The van der Waals surface area contributed by atoms with Gasteiger partial charge in [0, 0.05) is 13.1 Å². The lowest BCUT2D eigenvalue weighted by Gasteiger charge is -2.34. The smallest absolute Gasteiger partial charge is 0.305 e. The maximum atomic E-state index is 13.5. The average molecular weight is 391 g/mol. The molecule has 2 unspecified atom stereocenters. The molecule has 6 nitrogen and oxygen atoms in total. The maximum absolute atomic E-state index is 13.5. The van der Waals surface area contributed by atoms with Crippen molar-refractivity contribution in [1.29, 1.82) is 0 Å². The van der Waals surface area contributed by atoms with E-state index in [0.717, 1.165) is 12.1 Å². The van der Waals surface area contributed by atoms with Crippen molar-refractivity contribution in [2.24, 2.45) is 0 Å². The summed E-state index contributed by atoms with van der Waals surface area (Å²) in [7, 11) is 0. The highest BCUT2D eigenvalue weighted by Crippen LogP contribution is 2.34. The molecule has 2 atom stereocenters. The topological polar surface area (TPSA) is 76.1 Å². The van der Waals surface area contributed by atoms with Crippen molar-refractivity contribution in [2.45, 2.75) is 32.1 Å². The zero-order valence-corrected chi connectivity index (χ0v) is 15.1. The molecule has 1 amide bonds. The number of hydrogen-bond donors (Lipinski definition) is 1. The number of aliphatic carboxylic acids is 1. The van der Waals surface area contributed by atoms with Crippen molar-refractivity contribution in [3.05, 3.63) is 59.7 Å². The van der Waals surface area contributed by atoms with E-state index in [1.165, 1.54) is 11.0 Å². The first-order valence-corrected chi connectivity index (χ1v) is 8.72. The molecule has 0 spiro atoms. The van der Waals surface area contributed by atoms with Gasteiger partial charge in [-0.15, -0.1) is 0 Å². The van der Waals surface area contributed by atoms with Crippen LogP contribution in [-0.4, -0.2) is 40.6 Å². The molecule has 1 N–H and O–H groups in total. The minimum absolute atomic E-state index is 0.0858. The van der Waals surface area contributed by atoms with Gasteiger partial charge in [-0.1, -0.05) is 18.2 Å². The lowest BCUT2D eigenvalue weighted by molar-refractivity contribution is -0.146. The summed E-state index contributed by atoms with van der Waals surface area (Å²) >= 11 is 0. The lowest BCUT2D eigenvalue weighted by Crippen LogP contribution is -2.50. The standard InChI is InChI=1S/C20H19F2NO5/c1-12-19(28-17-5-3-2-4-16(17)27-12)20(26)23(9-8-18(24)25)11-13-6-7-14(21)15(22)10-13/h2-7,10,12,19H,8-9,11H2,1H3,(H,24,25). The molecule has 148 valence electrons. The Labute approximate surface area is 160 Å². The van der Waals surface area contributed by atoms with Crippen LogP contribution < -0.4 is 9.47 Å². The van der Waals surface area contributed by atoms with Crippen molar-refractivity contribution in [3.63, 3.8) is 0 Å². The molecular formula is C20H19F2NO5. The summed E-state index contributed by atoms with van der Waals surface area (Å²) in [4.78, 5) is 25.3. The van der Waals surface area contributed by atoms with Gasteiger partial charge in [-0.05, 0) is 36.8 Å². The van der Waals surface area contributed by atoms with Gasteiger partial charge in [-0.3, -0.25) is 9.59 Å². The van der Waals surface area contributed by atoms with E-state index in [0.29, 0.717) is 17.1 Å². The number of carboxylic acids is 1. The number of benzene rings is 2. The van der Waals surface area contributed by atoms with E-state index >= 15 is 0 Å². The maximum Gasteiger partial charge on any atom is 0.305 e. The van der Waals surface area contributed by atoms with Crippen molar-refractivity contribution in [1.82, 2.24) is 4.90 Å². The fourth-order valence-corrected chi connectivity index (χ4v) is 2.93. The second kappa shape index (κ2) is 8.24. The predicted octanol–water partition coefficient (Wildman–Crippen LogP) is 3.00. The van der Waals surface area contributed by atoms with E-state index < -0.39 is 35.7 Å². The van der Waals surface area contributed by atoms with E-state index in [1.54, 1.807) is 31.2 Å². The number of ether oxygens (including phenoxy) is 2. The largest absolute Gasteiger partial charge is 0.482 e. The van der Waals surface area contributed by atoms with Gasteiger partial charge in [-0.2, -0.15) is 0 Å².